The van der Waals surface area contributed by atoms with Crippen LogP contribution in [0.15, 0.2) is 53.5 Å². The van der Waals surface area contributed by atoms with Crippen LogP contribution in [0, 0.1) is 11.3 Å². The Morgan fingerprint density at radius 1 is 1.10 bits per heavy atom. The van der Waals surface area contributed by atoms with E-state index in [0.29, 0.717) is 55.3 Å². The third kappa shape index (κ3) is 4.39. The summed E-state index contributed by atoms with van der Waals surface area (Å²) < 4.78 is 19.1. The van der Waals surface area contributed by atoms with Crippen molar-refractivity contribution < 1.29 is 23.8 Å². The maximum absolute atomic E-state index is 13.7. The van der Waals surface area contributed by atoms with Gasteiger partial charge < -0.3 is 23.7 Å². The van der Waals surface area contributed by atoms with Crippen LogP contribution in [0.2, 0.25) is 0 Å². The van der Waals surface area contributed by atoms with Crippen LogP contribution in [0.25, 0.3) is 16.7 Å². The first-order valence-electron chi connectivity index (χ1n) is 12.9. The molecule has 1 aromatic carbocycles. The average Bonchev–Trinajstić information content (AvgIpc) is 3.43. The monoisotopic (exact) mass is 529 g/mol. The Bertz CT molecular complexity index is 1730. The summed E-state index contributed by atoms with van der Waals surface area (Å²) in [7, 11) is 0. The third-order valence-corrected chi connectivity index (χ3v) is 7.23. The van der Waals surface area contributed by atoms with Crippen molar-refractivity contribution in [1.82, 2.24) is 18.9 Å². The lowest BCUT2D eigenvalue weighted by Gasteiger charge is -2.31. The number of pyridine rings is 2. The molecule has 0 unspecified atom stereocenters. The van der Waals surface area contributed by atoms with E-state index in [1.54, 1.807) is 46.9 Å². The zero-order valence-corrected chi connectivity index (χ0v) is 21.4. The van der Waals surface area contributed by atoms with Gasteiger partial charge in [-0.3, -0.25) is 24.2 Å². The smallest absolute Gasteiger partial charge is 0.309 e. The van der Waals surface area contributed by atoms with Crippen molar-refractivity contribution in [2.24, 2.45) is 5.92 Å². The van der Waals surface area contributed by atoms with Crippen LogP contribution in [0.5, 0.6) is 11.5 Å². The number of hydrogen-bond donors (Lipinski definition) is 1. The predicted molar refractivity (Wildman–Crippen MR) is 140 cm³/mol. The molecule has 1 saturated heterocycles. The van der Waals surface area contributed by atoms with E-state index in [1.165, 1.54) is 10.5 Å². The lowest BCUT2D eigenvalue weighted by molar-refractivity contribution is -0.149. The second-order valence-electron chi connectivity index (χ2n) is 9.58. The summed E-state index contributed by atoms with van der Waals surface area (Å²) in [5, 5.41) is 9.29. The van der Waals surface area contributed by atoms with Crippen LogP contribution in [0.3, 0.4) is 0 Å². The number of carbonyl (C=O) groups is 2. The topological polar surface area (TPSA) is 128 Å². The normalized spacial score (nSPS) is 15.2. The van der Waals surface area contributed by atoms with Crippen LogP contribution in [-0.2, 0) is 16.1 Å². The van der Waals surface area contributed by atoms with Gasteiger partial charge in [0.2, 0.25) is 6.79 Å². The number of amides is 1. The quantitative estimate of drug-likeness (QED) is 0.310. The van der Waals surface area contributed by atoms with Crippen molar-refractivity contribution in [3.8, 4) is 11.5 Å². The summed E-state index contributed by atoms with van der Waals surface area (Å²) in [5.41, 5.74) is 1.27. The Hall–Kier alpha value is -4.67. The molecule has 5 heterocycles. The van der Waals surface area contributed by atoms with E-state index in [2.05, 4.69) is 0 Å². The minimum absolute atomic E-state index is 0.0511. The number of rotatable bonds is 5. The Morgan fingerprint density at radius 3 is 2.69 bits per heavy atom. The number of fused-ring (bicyclic) bond motifs is 3. The van der Waals surface area contributed by atoms with Crippen molar-refractivity contribution >= 4 is 28.6 Å². The molecule has 11 nitrogen and oxygen atoms in total. The standard InChI is InChI=1S/C28H27N5O6/c1-2-37-28(36)18-8-11-31(12-9-18)26(34)19-14-20-25(30-23-5-3-4-10-32(23)27(20)35)33(24(19)29)15-17-6-7-21-22(13-17)39-16-38-21/h3-7,10,13-14,18,29H,2,8-9,11-12,15-16H2,1H3. The fraction of sp³-hybridized carbons (Fsp3) is 0.321. The van der Waals surface area contributed by atoms with Gasteiger partial charge in [-0.1, -0.05) is 12.1 Å². The molecule has 3 aromatic heterocycles. The van der Waals surface area contributed by atoms with Gasteiger partial charge >= 0.3 is 5.97 Å². The highest BCUT2D eigenvalue weighted by Crippen LogP contribution is 2.32. The Labute approximate surface area is 222 Å². The Kier molecular flexibility index (Phi) is 6.26. The van der Waals surface area contributed by atoms with Crippen LogP contribution < -0.4 is 20.5 Å². The van der Waals surface area contributed by atoms with E-state index in [0.717, 1.165) is 5.56 Å². The molecule has 0 spiro atoms. The van der Waals surface area contributed by atoms with Crippen LogP contribution in [-0.4, -0.2) is 57.2 Å². The van der Waals surface area contributed by atoms with Gasteiger partial charge in [0.25, 0.3) is 11.5 Å². The Morgan fingerprint density at radius 2 is 1.90 bits per heavy atom. The number of hydrogen-bond acceptors (Lipinski definition) is 8. The number of carbonyl (C=O) groups excluding carboxylic acids is 2. The van der Waals surface area contributed by atoms with Crippen LogP contribution in [0.1, 0.15) is 35.7 Å². The summed E-state index contributed by atoms with van der Waals surface area (Å²) in [6, 6.07) is 12.2. The second-order valence-corrected chi connectivity index (χ2v) is 9.58. The van der Waals surface area contributed by atoms with Crippen molar-refractivity contribution in [3.63, 3.8) is 0 Å². The van der Waals surface area contributed by atoms with Crippen molar-refractivity contribution in [1.29, 1.82) is 5.41 Å². The fourth-order valence-electron chi connectivity index (χ4n) is 5.17. The molecule has 1 fully saturated rings. The third-order valence-electron chi connectivity index (χ3n) is 7.23. The van der Waals surface area contributed by atoms with E-state index in [4.69, 9.17) is 24.6 Å². The molecule has 2 aliphatic rings. The van der Waals surface area contributed by atoms with E-state index in [-0.39, 0.29) is 53.1 Å². The molecular formula is C28H27N5O6. The van der Waals surface area contributed by atoms with Gasteiger partial charge in [-0.05, 0) is 55.7 Å². The lowest BCUT2D eigenvalue weighted by atomic mass is 9.96. The molecule has 4 aromatic rings. The van der Waals surface area contributed by atoms with Gasteiger partial charge in [-0.15, -0.1) is 0 Å². The molecule has 11 heteroatoms. The summed E-state index contributed by atoms with van der Waals surface area (Å²) in [4.78, 5) is 45.7. The van der Waals surface area contributed by atoms with Crippen LogP contribution >= 0.6 is 0 Å². The van der Waals surface area contributed by atoms with Crippen LogP contribution in [0.4, 0.5) is 0 Å². The van der Waals surface area contributed by atoms with E-state index in [1.807, 2.05) is 12.1 Å². The molecule has 0 atom stereocenters. The highest BCUT2D eigenvalue weighted by molar-refractivity contribution is 5.97. The van der Waals surface area contributed by atoms with Gasteiger partial charge in [0.15, 0.2) is 11.5 Å². The van der Waals surface area contributed by atoms with E-state index in [9.17, 15) is 14.4 Å². The van der Waals surface area contributed by atoms with Gasteiger partial charge in [-0.2, -0.15) is 0 Å². The number of likely N-dealkylation sites (tertiary alicyclic amines) is 1. The maximum atomic E-state index is 13.7. The molecule has 0 aliphatic carbocycles. The maximum Gasteiger partial charge on any atom is 0.309 e. The van der Waals surface area contributed by atoms with Gasteiger partial charge in [0.1, 0.15) is 16.8 Å². The number of benzene rings is 1. The molecule has 39 heavy (non-hydrogen) atoms. The first-order chi connectivity index (χ1) is 18.9. The number of aromatic nitrogens is 3. The van der Waals surface area contributed by atoms with Crippen molar-refractivity contribution in [3.05, 3.63) is 75.6 Å². The first kappa shape index (κ1) is 24.7. The van der Waals surface area contributed by atoms with E-state index >= 15 is 0 Å². The van der Waals surface area contributed by atoms with Gasteiger partial charge in [0, 0.05) is 19.3 Å². The molecule has 200 valence electrons. The fourth-order valence-corrected chi connectivity index (χ4v) is 5.17. The summed E-state index contributed by atoms with van der Waals surface area (Å²) in [6.45, 7) is 3.13. The molecule has 0 saturated carbocycles. The number of esters is 1. The summed E-state index contributed by atoms with van der Waals surface area (Å²) in [6.07, 6.45) is 2.59. The highest BCUT2D eigenvalue weighted by atomic mass is 16.7. The number of nitrogens with zero attached hydrogens (tertiary/aromatic N) is 4. The minimum Gasteiger partial charge on any atom is -0.466 e. The molecular weight excluding hydrogens is 502 g/mol. The SMILES string of the molecule is CCOC(=O)C1CCN(C(=O)c2cc3c(=O)n4ccccc4nc3n(Cc3ccc4c(c3)OCO4)c2=N)CC1. The summed E-state index contributed by atoms with van der Waals surface area (Å²) >= 11 is 0. The van der Waals surface area contributed by atoms with Gasteiger partial charge in [0.05, 0.1) is 30.0 Å². The largest absolute Gasteiger partial charge is 0.466 e. The molecule has 1 amide bonds. The second kappa shape index (κ2) is 9.90. The number of piperidine rings is 1. The number of ether oxygens (including phenoxy) is 3. The molecule has 0 bridgehead atoms. The van der Waals surface area contributed by atoms with Crippen molar-refractivity contribution in [2.45, 2.75) is 26.3 Å². The van der Waals surface area contributed by atoms with Crippen molar-refractivity contribution in [2.75, 3.05) is 26.5 Å². The average molecular weight is 530 g/mol. The molecule has 1 N–H and O–H groups in total. The summed E-state index contributed by atoms with van der Waals surface area (Å²) in [5.74, 6) is 0.374. The molecule has 0 radical (unpaired) electrons. The predicted octanol–water partition coefficient (Wildman–Crippen LogP) is 2.32. The number of nitrogens with one attached hydrogen (secondary N) is 1. The Balaban J connectivity index is 1.43. The van der Waals surface area contributed by atoms with Gasteiger partial charge in [-0.25, -0.2) is 4.98 Å². The zero-order chi connectivity index (χ0) is 27.1. The lowest BCUT2D eigenvalue weighted by Crippen LogP contribution is -2.43. The molecule has 2 aliphatic heterocycles. The zero-order valence-electron chi connectivity index (χ0n) is 21.4. The van der Waals surface area contributed by atoms with E-state index < -0.39 is 0 Å². The minimum atomic E-state index is -0.360. The highest BCUT2D eigenvalue weighted by Gasteiger charge is 2.30. The first-order valence-corrected chi connectivity index (χ1v) is 12.9. The molecule has 6 rings (SSSR count).